The quantitative estimate of drug-likeness (QED) is 0.346. The number of hydrogen-bond donors (Lipinski definition) is 2. The molecule has 0 saturated heterocycles. The fraction of sp³-hybridized carbons (Fsp3) is 0.296. The Morgan fingerprint density at radius 3 is 2.31 bits per heavy atom. The second-order valence-electron chi connectivity index (χ2n) is 8.39. The molecule has 0 unspecified atom stereocenters. The van der Waals surface area contributed by atoms with Crippen LogP contribution in [0, 0.1) is 6.92 Å². The number of aromatic nitrogens is 3. The van der Waals surface area contributed by atoms with Crippen LogP contribution < -0.4 is 11.1 Å². The molecule has 0 saturated carbocycles. The van der Waals surface area contributed by atoms with Crippen LogP contribution in [0.25, 0.3) is 33.8 Å². The van der Waals surface area contributed by atoms with Crippen molar-refractivity contribution in [3.63, 3.8) is 0 Å². The van der Waals surface area contributed by atoms with E-state index < -0.39 is 15.1 Å². The molecule has 36 heavy (non-hydrogen) atoms. The summed E-state index contributed by atoms with van der Waals surface area (Å²) in [5, 5.41) is 6.80. The average Bonchev–Trinajstić information content (AvgIpc) is 3.36. The first kappa shape index (κ1) is 27.0. The molecule has 190 valence electrons. The maximum Gasteiger partial charge on any atom is 0.182 e. The molecule has 0 aliphatic heterocycles. The van der Waals surface area contributed by atoms with Crippen molar-refractivity contribution < 1.29 is 12.9 Å². The van der Waals surface area contributed by atoms with Crippen LogP contribution in [-0.2, 0) is 16.4 Å². The Kier molecular flexibility index (Phi) is 8.60. The van der Waals surface area contributed by atoms with Gasteiger partial charge in [-0.05, 0) is 51.1 Å². The van der Waals surface area contributed by atoms with E-state index in [2.05, 4.69) is 20.4 Å². The topological polar surface area (TPSA) is 124 Å². The van der Waals surface area contributed by atoms with Gasteiger partial charge in [0.05, 0.1) is 21.4 Å². The fourth-order valence-electron chi connectivity index (χ4n) is 3.62. The van der Waals surface area contributed by atoms with E-state index in [1.165, 1.54) is 11.8 Å². The summed E-state index contributed by atoms with van der Waals surface area (Å²) in [7, 11) is -1.50. The molecule has 0 radical (unpaired) electrons. The first-order valence-corrected chi connectivity index (χ1v) is 13.4. The maximum atomic E-state index is 12.5. The van der Waals surface area contributed by atoms with E-state index in [0.717, 1.165) is 17.7 Å². The Morgan fingerprint density at radius 1 is 1.00 bits per heavy atom. The van der Waals surface area contributed by atoms with E-state index in [1.807, 2.05) is 64.2 Å². The summed E-state index contributed by atoms with van der Waals surface area (Å²) in [6.45, 7) is 9.91. The highest BCUT2D eigenvalue weighted by Gasteiger charge is 2.21. The lowest BCUT2D eigenvalue weighted by Gasteiger charge is -2.11. The van der Waals surface area contributed by atoms with E-state index in [-0.39, 0.29) is 4.90 Å². The minimum absolute atomic E-state index is 0.202. The van der Waals surface area contributed by atoms with Gasteiger partial charge < -0.3 is 15.6 Å². The third-order valence-corrected chi connectivity index (χ3v) is 7.72. The van der Waals surface area contributed by atoms with Gasteiger partial charge >= 0.3 is 0 Å². The maximum absolute atomic E-state index is 12.5. The van der Waals surface area contributed by atoms with E-state index in [9.17, 15) is 8.42 Å². The van der Waals surface area contributed by atoms with Crippen molar-refractivity contribution >= 4 is 15.7 Å². The number of nitrogens with zero attached hydrogens (tertiary/aromatic N) is 3. The van der Waals surface area contributed by atoms with Gasteiger partial charge in [-0.25, -0.2) is 13.4 Å². The van der Waals surface area contributed by atoms with Gasteiger partial charge in [-0.3, -0.25) is 4.98 Å². The van der Waals surface area contributed by atoms with Crippen molar-refractivity contribution in [3.05, 3.63) is 66.0 Å². The third-order valence-electron chi connectivity index (χ3n) is 5.60. The molecule has 4 rings (SSSR count). The summed E-state index contributed by atoms with van der Waals surface area (Å²) in [5.41, 5.74) is 11.6. The molecule has 0 bridgehead atoms. The van der Waals surface area contributed by atoms with E-state index in [0.29, 0.717) is 34.1 Å². The van der Waals surface area contributed by atoms with Crippen LogP contribution in [0.1, 0.15) is 38.8 Å². The van der Waals surface area contributed by atoms with Crippen molar-refractivity contribution in [3.8, 4) is 33.8 Å². The molecule has 0 aliphatic carbocycles. The summed E-state index contributed by atoms with van der Waals surface area (Å²) < 4.78 is 30.6. The molecular weight excluding hydrogens is 474 g/mol. The highest BCUT2D eigenvalue weighted by atomic mass is 32.2. The van der Waals surface area contributed by atoms with Crippen LogP contribution in [0.4, 0.5) is 5.82 Å². The van der Waals surface area contributed by atoms with Crippen LogP contribution in [0.5, 0.6) is 0 Å². The lowest BCUT2D eigenvalue weighted by atomic mass is 10.0. The number of aryl methyl sites for hydroxylation is 1. The number of nitrogens with two attached hydrogens (primary N) is 1. The van der Waals surface area contributed by atoms with Gasteiger partial charge in [0.25, 0.3) is 0 Å². The minimum Gasteiger partial charge on any atom is -0.383 e. The van der Waals surface area contributed by atoms with Gasteiger partial charge in [0, 0.05) is 36.1 Å². The first-order chi connectivity index (χ1) is 17.2. The van der Waals surface area contributed by atoms with Crippen molar-refractivity contribution in [2.75, 3.05) is 12.8 Å². The number of nitrogens with one attached hydrogen (secondary N) is 1. The molecule has 0 spiro atoms. The van der Waals surface area contributed by atoms with Crippen LogP contribution in [0.3, 0.4) is 0 Å². The van der Waals surface area contributed by atoms with Crippen molar-refractivity contribution in [2.45, 2.75) is 51.3 Å². The number of hydrogen-bond acceptors (Lipinski definition) is 8. The summed E-state index contributed by atoms with van der Waals surface area (Å²) in [6.07, 6.45) is 3.00. The van der Waals surface area contributed by atoms with E-state index in [1.54, 1.807) is 26.1 Å². The lowest BCUT2D eigenvalue weighted by Crippen LogP contribution is -2.14. The predicted octanol–water partition coefficient (Wildman–Crippen LogP) is 5.28. The molecule has 0 atom stereocenters. The summed E-state index contributed by atoms with van der Waals surface area (Å²) in [5.74, 6) is 0.783. The third kappa shape index (κ3) is 5.63. The Bertz CT molecular complexity index is 1430. The number of benzene rings is 1. The molecule has 3 N–H and O–H groups in total. The summed E-state index contributed by atoms with van der Waals surface area (Å²) >= 11 is 0. The zero-order valence-corrected chi connectivity index (χ0v) is 22.3. The zero-order valence-electron chi connectivity index (χ0n) is 21.5. The Morgan fingerprint density at radius 2 is 1.69 bits per heavy atom. The van der Waals surface area contributed by atoms with Crippen LogP contribution in [0.2, 0.25) is 0 Å². The second kappa shape index (κ2) is 11.5. The molecule has 4 aromatic rings. The standard InChI is InChI=1S/C25H27N5O3S.C2H6/c1-15(2)34(31,32)20-9-16(3)24(28-14-20)19-10-21(25(26)29-13-19)23-11-22(30-33-23)18-7-5-17(6-8-18)12-27-4;1-2/h5-11,13-15,27H,12H2,1-4H3,(H2,26,29);1-2H3. The number of nitrogen functional groups attached to an aromatic ring is 1. The molecule has 0 fully saturated rings. The average molecular weight is 508 g/mol. The van der Waals surface area contributed by atoms with Crippen molar-refractivity contribution in [1.82, 2.24) is 20.4 Å². The Balaban J connectivity index is 0.00000176. The lowest BCUT2D eigenvalue weighted by molar-refractivity contribution is 0.435. The van der Waals surface area contributed by atoms with E-state index in [4.69, 9.17) is 10.3 Å². The SMILES string of the molecule is CC.CNCc1ccc(-c2cc(-c3cc(-c4ncc(S(=O)(=O)C(C)C)cc4C)cnc3N)on2)cc1. The molecule has 1 aromatic carbocycles. The number of sulfone groups is 1. The number of pyridine rings is 2. The smallest absolute Gasteiger partial charge is 0.182 e. The van der Waals surface area contributed by atoms with Gasteiger partial charge in [-0.1, -0.05) is 43.3 Å². The van der Waals surface area contributed by atoms with Crippen molar-refractivity contribution in [2.24, 2.45) is 0 Å². The molecular formula is C27H33N5O3S. The predicted molar refractivity (Wildman–Crippen MR) is 144 cm³/mol. The highest BCUT2D eigenvalue weighted by molar-refractivity contribution is 7.92. The highest BCUT2D eigenvalue weighted by Crippen LogP contribution is 2.33. The van der Waals surface area contributed by atoms with Gasteiger partial charge in [0.2, 0.25) is 0 Å². The molecule has 3 heterocycles. The van der Waals surface area contributed by atoms with Crippen molar-refractivity contribution in [1.29, 1.82) is 0 Å². The molecule has 3 aromatic heterocycles. The largest absolute Gasteiger partial charge is 0.383 e. The van der Waals surface area contributed by atoms with Crippen LogP contribution in [0.15, 0.2) is 64.3 Å². The molecule has 0 amide bonds. The van der Waals surface area contributed by atoms with Gasteiger partial charge in [0.15, 0.2) is 15.6 Å². The molecule has 8 nitrogen and oxygen atoms in total. The van der Waals surface area contributed by atoms with Crippen LogP contribution in [-0.4, -0.2) is 35.8 Å². The first-order valence-electron chi connectivity index (χ1n) is 11.9. The van der Waals surface area contributed by atoms with Gasteiger partial charge in [0.1, 0.15) is 11.5 Å². The monoisotopic (exact) mass is 507 g/mol. The fourth-order valence-corrected chi connectivity index (χ4v) is 4.70. The Hall–Kier alpha value is -3.56. The molecule has 0 aliphatic rings. The second-order valence-corrected chi connectivity index (χ2v) is 10.9. The van der Waals surface area contributed by atoms with E-state index >= 15 is 0 Å². The number of rotatable bonds is 7. The normalized spacial score (nSPS) is 11.3. The van der Waals surface area contributed by atoms with Gasteiger partial charge in [-0.15, -0.1) is 0 Å². The minimum atomic E-state index is -3.41. The molecule has 9 heteroatoms. The summed E-state index contributed by atoms with van der Waals surface area (Å²) in [4.78, 5) is 8.94. The Labute approximate surface area is 212 Å². The van der Waals surface area contributed by atoms with Gasteiger partial charge in [-0.2, -0.15) is 0 Å². The summed E-state index contributed by atoms with van der Waals surface area (Å²) in [6, 6.07) is 13.3. The van der Waals surface area contributed by atoms with Crippen LogP contribution >= 0.6 is 0 Å². The number of anilines is 1. The zero-order chi connectivity index (χ0) is 26.5.